The van der Waals surface area contributed by atoms with E-state index in [4.69, 9.17) is 14.1 Å². The number of likely N-dealkylation sites (tertiary alicyclic amines) is 1. The molecule has 0 bridgehead atoms. The van der Waals surface area contributed by atoms with E-state index < -0.39 is 0 Å². The van der Waals surface area contributed by atoms with Crippen molar-refractivity contribution in [2.75, 3.05) is 51.7 Å². The number of furan rings is 1. The highest BCUT2D eigenvalue weighted by Gasteiger charge is 2.24. The molecule has 4 heterocycles. The Hall–Kier alpha value is -1.41. The van der Waals surface area contributed by atoms with Crippen LogP contribution in [-0.2, 0) is 11.3 Å². The Morgan fingerprint density at radius 3 is 2.93 bits per heavy atom. The van der Waals surface area contributed by atoms with Gasteiger partial charge >= 0.3 is 0 Å². The number of morpholine rings is 1. The molecule has 2 aliphatic heterocycles. The van der Waals surface area contributed by atoms with Crippen molar-refractivity contribution in [1.82, 2.24) is 19.8 Å². The SMILES string of the molecule is Cc1cnc(SCCN2CCOCC2)nc1C1CCCN(Cc2ccoc2)C1. The van der Waals surface area contributed by atoms with Gasteiger partial charge in [-0.1, -0.05) is 11.8 Å². The number of rotatable bonds is 7. The third-order valence-electron chi connectivity index (χ3n) is 5.61. The molecule has 0 saturated carbocycles. The second kappa shape index (κ2) is 9.87. The fourth-order valence-corrected chi connectivity index (χ4v) is 4.90. The van der Waals surface area contributed by atoms with Gasteiger partial charge < -0.3 is 9.15 Å². The molecule has 0 radical (unpaired) electrons. The van der Waals surface area contributed by atoms with E-state index in [1.54, 1.807) is 18.0 Å². The lowest BCUT2D eigenvalue weighted by Crippen LogP contribution is -2.37. The number of ether oxygens (including phenoxy) is 1. The number of hydrogen-bond acceptors (Lipinski definition) is 7. The molecule has 152 valence electrons. The summed E-state index contributed by atoms with van der Waals surface area (Å²) in [5, 5.41) is 0.917. The zero-order valence-electron chi connectivity index (χ0n) is 16.7. The second-order valence-electron chi connectivity index (χ2n) is 7.73. The molecule has 0 aliphatic carbocycles. The average molecular weight is 403 g/mol. The van der Waals surface area contributed by atoms with Gasteiger partial charge in [-0.25, -0.2) is 9.97 Å². The number of aromatic nitrogens is 2. The number of nitrogens with zero attached hydrogens (tertiary/aromatic N) is 4. The van der Waals surface area contributed by atoms with E-state index in [2.05, 4.69) is 27.8 Å². The Balaban J connectivity index is 1.34. The molecule has 0 amide bonds. The average Bonchev–Trinajstić information content (AvgIpc) is 3.23. The molecule has 2 aromatic rings. The van der Waals surface area contributed by atoms with Crippen molar-refractivity contribution < 1.29 is 9.15 Å². The van der Waals surface area contributed by atoms with Gasteiger partial charge in [0.25, 0.3) is 0 Å². The molecule has 1 unspecified atom stereocenters. The van der Waals surface area contributed by atoms with Gasteiger partial charge in [0.05, 0.1) is 31.4 Å². The Morgan fingerprint density at radius 2 is 2.11 bits per heavy atom. The summed E-state index contributed by atoms with van der Waals surface area (Å²) in [7, 11) is 0. The Labute approximate surface area is 171 Å². The van der Waals surface area contributed by atoms with Crippen molar-refractivity contribution in [3.8, 4) is 0 Å². The van der Waals surface area contributed by atoms with E-state index in [9.17, 15) is 0 Å². The molecule has 2 fully saturated rings. The predicted molar refractivity (Wildman–Crippen MR) is 111 cm³/mol. The fraction of sp³-hybridized carbons (Fsp3) is 0.619. The Morgan fingerprint density at radius 1 is 1.21 bits per heavy atom. The van der Waals surface area contributed by atoms with Crippen LogP contribution in [0.5, 0.6) is 0 Å². The molecular weight excluding hydrogens is 372 g/mol. The first-order chi connectivity index (χ1) is 13.8. The zero-order chi connectivity index (χ0) is 19.2. The summed E-state index contributed by atoms with van der Waals surface area (Å²) >= 11 is 1.77. The lowest BCUT2D eigenvalue weighted by Gasteiger charge is -2.32. The Kier molecular flexibility index (Phi) is 7.01. The first-order valence-corrected chi connectivity index (χ1v) is 11.3. The summed E-state index contributed by atoms with van der Waals surface area (Å²) in [6.45, 7) is 10.2. The van der Waals surface area contributed by atoms with E-state index in [0.29, 0.717) is 5.92 Å². The first-order valence-electron chi connectivity index (χ1n) is 10.3. The van der Waals surface area contributed by atoms with Gasteiger partial charge in [0, 0.05) is 56.2 Å². The first kappa shape index (κ1) is 19.9. The molecule has 28 heavy (non-hydrogen) atoms. The molecule has 6 nitrogen and oxygen atoms in total. The van der Waals surface area contributed by atoms with Gasteiger partial charge in [-0.3, -0.25) is 9.80 Å². The van der Waals surface area contributed by atoms with Crippen LogP contribution < -0.4 is 0 Å². The summed E-state index contributed by atoms with van der Waals surface area (Å²) < 4.78 is 10.6. The monoisotopic (exact) mass is 402 g/mol. The molecule has 2 aromatic heterocycles. The second-order valence-corrected chi connectivity index (χ2v) is 8.79. The maximum absolute atomic E-state index is 5.42. The van der Waals surface area contributed by atoms with Crippen LogP contribution in [0, 0.1) is 6.92 Å². The lowest BCUT2D eigenvalue weighted by atomic mass is 9.92. The summed E-state index contributed by atoms with van der Waals surface area (Å²) in [6.07, 6.45) is 8.03. The molecule has 0 N–H and O–H groups in total. The van der Waals surface area contributed by atoms with Crippen LogP contribution in [0.15, 0.2) is 34.4 Å². The molecule has 0 spiro atoms. The van der Waals surface area contributed by atoms with Crippen molar-refractivity contribution >= 4 is 11.8 Å². The third kappa shape index (κ3) is 5.35. The van der Waals surface area contributed by atoms with Gasteiger partial charge in [0.1, 0.15) is 0 Å². The van der Waals surface area contributed by atoms with E-state index in [1.807, 2.05) is 12.5 Å². The Bertz CT molecular complexity index is 734. The highest BCUT2D eigenvalue weighted by Crippen LogP contribution is 2.29. The number of hydrogen-bond donors (Lipinski definition) is 0. The van der Waals surface area contributed by atoms with E-state index >= 15 is 0 Å². The maximum Gasteiger partial charge on any atom is 0.187 e. The van der Waals surface area contributed by atoms with Gasteiger partial charge in [-0.2, -0.15) is 0 Å². The van der Waals surface area contributed by atoms with Crippen molar-refractivity contribution in [1.29, 1.82) is 0 Å². The van der Waals surface area contributed by atoms with Crippen LogP contribution in [0.25, 0.3) is 0 Å². The van der Waals surface area contributed by atoms with Gasteiger partial charge in [0.15, 0.2) is 5.16 Å². The summed E-state index contributed by atoms with van der Waals surface area (Å²) in [6, 6.07) is 2.06. The smallest absolute Gasteiger partial charge is 0.187 e. The molecule has 0 aromatic carbocycles. The van der Waals surface area contributed by atoms with Gasteiger partial charge in [0.2, 0.25) is 0 Å². The minimum atomic E-state index is 0.488. The fourth-order valence-electron chi connectivity index (χ4n) is 4.08. The van der Waals surface area contributed by atoms with E-state index in [-0.39, 0.29) is 0 Å². The van der Waals surface area contributed by atoms with Crippen LogP contribution in [0.4, 0.5) is 0 Å². The minimum absolute atomic E-state index is 0.488. The van der Waals surface area contributed by atoms with Crippen LogP contribution in [0.1, 0.15) is 35.6 Å². The molecular formula is C21H30N4O2S. The van der Waals surface area contributed by atoms with Gasteiger partial charge in [-0.05, 0) is 37.9 Å². The number of aryl methyl sites for hydroxylation is 1. The molecule has 7 heteroatoms. The highest BCUT2D eigenvalue weighted by atomic mass is 32.2. The van der Waals surface area contributed by atoms with Crippen LogP contribution >= 0.6 is 11.8 Å². The largest absolute Gasteiger partial charge is 0.472 e. The topological polar surface area (TPSA) is 54.6 Å². The third-order valence-corrected chi connectivity index (χ3v) is 6.45. The van der Waals surface area contributed by atoms with E-state index in [0.717, 1.165) is 63.4 Å². The normalized spacial score (nSPS) is 21.8. The lowest BCUT2D eigenvalue weighted by molar-refractivity contribution is 0.0410. The van der Waals surface area contributed by atoms with Crippen molar-refractivity contribution in [2.24, 2.45) is 0 Å². The quantitative estimate of drug-likeness (QED) is 0.521. The van der Waals surface area contributed by atoms with Crippen LogP contribution in [0.2, 0.25) is 0 Å². The minimum Gasteiger partial charge on any atom is -0.472 e. The van der Waals surface area contributed by atoms with Crippen molar-refractivity contribution in [2.45, 2.75) is 37.4 Å². The maximum atomic E-state index is 5.42. The van der Waals surface area contributed by atoms with Crippen molar-refractivity contribution in [3.63, 3.8) is 0 Å². The predicted octanol–water partition coefficient (Wildman–Crippen LogP) is 3.18. The molecule has 4 rings (SSSR count). The number of piperidine rings is 1. The summed E-state index contributed by atoms with van der Waals surface area (Å²) in [5.74, 6) is 1.52. The zero-order valence-corrected chi connectivity index (χ0v) is 17.5. The summed E-state index contributed by atoms with van der Waals surface area (Å²) in [5.41, 5.74) is 3.70. The number of thioether (sulfide) groups is 1. The highest BCUT2D eigenvalue weighted by molar-refractivity contribution is 7.99. The summed E-state index contributed by atoms with van der Waals surface area (Å²) in [4.78, 5) is 14.5. The molecule has 2 aliphatic rings. The van der Waals surface area contributed by atoms with Crippen molar-refractivity contribution in [3.05, 3.63) is 41.6 Å². The van der Waals surface area contributed by atoms with Crippen LogP contribution in [0.3, 0.4) is 0 Å². The van der Waals surface area contributed by atoms with Gasteiger partial charge in [-0.15, -0.1) is 0 Å². The molecule has 1 atom stereocenters. The van der Waals surface area contributed by atoms with Crippen LogP contribution in [-0.4, -0.2) is 71.5 Å². The van der Waals surface area contributed by atoms with E-state index in [1.165, 1.54) is 29.7 Å². The molecule has 2 saturated heterocycles. The standard InChI is InChI=1S/C21H30N4O2S/c1-17-13-22-21(28-12-8-24-6-10-26-11-7-24)23-20(17)19-3-2-5-25(15-19)14-18-4-9-27-16-18/h4,9,13,16,19H,2-3,5-8,10-12,14-15H2,1H3.